The van der Waals surface area contributed by atoms with E-state index >= 15 is 0 Å². The molecule has 0 aliphatic rings. The van der Waals surface area contributed by atoms with Gasteiger partial charge in [0.1, 0.15) is 9.84 Å². The minimum Gasteiger partial charge on any atom is -0.382 e. The van der Waals surface area contributed by atoms with Crippen LogP contribution in [0.3, 0.4) is 0 Å². The van der Waals surface area contributed by atoms with Crippen LogP contribution in [-0.2, 0) is 15.5 Å². The van der Waals surface area contributed by atoms with Crippen molar-refractivity contribution in [1.82, 2.24) is 5.32 Å². The number of benzene rings is 2. The number of halogens is 7. The van der Waals surface area contributed by atoms with E-state index < -0.39 is 45.4 Å². The molecular formula is C24H25F7N2O3S. The highest BCUT2D eigenvalue weighted by molar-refractivity contribution is 7.90. The second-order valence-electron chi connectivity index (χ2n) is 8.75. The van der Waals surface area contributed by atoms with Crippen molar-refractivity contribution in [2.45, 2.75) is 44.8 Å². The van der Waals surface area contributed by atoms with Gasteiger partial charge in [0, 0.05) is 40.4 Å². The SMILES string of the molecule is C=C(N[C@@H](C)CS(C)(=O)=O)c1c(C)cccc1C(=O)Nc1ccc(C(F)(C(F)(F)F)C(F)(F)F)cc1C. The van der Waals surface area contributed by atoms with E-state index in [1.807, 2.05) is 0 Å². The molecule has 204 valence electrons. The van der Waals surface area contributed by atoms with E-state index in [2.05, 4.69) is 17.2 Å². The number of hydrogen-bond acceptors (Lipinski definition) is 4. The molecule has 0 aliphatic heterocycles. The summed E-state index contributed by atoms with van der Waals surface area (Å²) in [4.78, 5) is 13.0. The molecule has 0 fully saturated rings. The molecule has 2 aromatic rings. The second kappa shape index (κ2) is 10.3. The molecule has 5 nitrogen and oxygen atoms in total. The molecule has 37 heavy (non-hydrogen) atoms. The van der Waals surface area contributed by atoms with Crippen LogP contribution in [0.25, 0.3) is 5.70 Å². The van der Waals surface area contributed by atoms with Crippen molar-refractivity contribution in [3.63, 3.8) is 0 Å². The van der Waals surface area contributed by atoms with Gasteiger partial charge in [-0.15, -0.1) is 0 Å². The molecule has 0 saturated heterocycles. The molecule has 0 bridgehead atoms. The van der Waals surface area contributed by atoms with Crippen molar-refractivity contribution in [3.05, 3.63) is 70.8 Å². The Bertz CT molecular complexity index is 1290. The van der Waals surface area contributed by atoms with Gasteiger partial charge in [0.25, 0.3) is 5.91 Å². The van der Waals surface area contributed by atoms with Crippen molar-refractivity contribution in [2.75, 3.05) is 17.3 Å². The highest BCUT2D eigenvalue weighted by Gasteiger charge is 2.73. The Labute approximate surface area is 209 Å². The minimum atomic E-state index is -6.26. The Morgan fingerprint density at radius 3 is 2.03 bits per heavy atom. The number of sulfone groups is 1. The van der Waals surface area contributed by atoms with Crippen molar-refractivity contribution >= 4 is 27.1 Å². The Morgan fingerprint density at radius 2 is 1.54 bits per heavy atom. The van der Waals surface area contributed by atoms with Gasteiger partial charge in [0.2, 0.25) is 0 Å². The first-order valence-corrected chi connectivity index (χ1v) is 12.7. The molecule has 0 aromatic heterocycles. The number of rotatable bonds is 8. The van der Waals surface area contributed by atoms with Crippen molar-refractivity contribution in [3.8, 4) is 0 Å². The number of carbonyl (C=O) groups is 1. The fraction of sp³-hybridized carbons (Fsp3) is 0.375. The predicted octanol–water partition coefficient (Wildman–Crippen LogP) is 5.84. The van der Waals surface area contributed by atoms with E-state index in [1.54, 1.807) is 26.0 Å². The highest BCUT2D eigenvalue weighted by atomic mass is 32.2. The van der Waals surface area contributed by atoms with Crippen LogP contribution in [0.4, 0.5) is 36.4 Å². The third-order valence-electron chi connectivity index (χ3n) is 5.45. The molecule has 0 radical (unpaired) electrons. The van der Waals surface area contributed by atoms with E-state index in [4.69, 9.17) is 0 Å². The van der Waals surface area contributed by atoms with E-state index in [0.29, 0.717) is 23.3 Å². The lowest BCUT2D eigenvalue weighted by Crippen LogP contribution is -2.50. The molecule has 1 amide bonds. The van der Waals surface area contributed by atoms with Gasteiger partial charge in [-0.2, -0.15) is 26.3 Å². The van der Waals surface area contributed by atoms with Gasteiger partial charge in [-0.1, -0.05) is 30.8 Å². The molecule has 0 unspecified atom stereocenters. The summed E-state index contributed by atoms with van der Waals surface area (Å²) in [5.74, 6) is -0.983. The Kier molecular flexibility index (Phi) is 8.43. The quantitative estimate of drug-likeness (QED) is 0.402. The Balaban J connectivity index is 2.40. The number of alkyl halides is 7. The number of anilines is 1. The minimum absolute atomic E-state index is 0.0537. The van der Waals surface area contributed by atoms with Crippen molar-refractivity contribution in [1.29, 1.82) is 0 Å². The number of aryl methyl sites for hydroxylation is 2. The van der Waals surface area contributed by atoms with Gasteiger partial charge in [-0.25, -0.2) is 12.8 Å². The summed E-state index contributed by atoms with van der Waals surface area (Å²) >= 11 is 0. The van der Waals surface area contributed by atoms with Crippen molar-refractivity contribution in [2.24, 2.45) is 0 Å². The van der Waals surface area contributed by atoms with Gasteiger partial charge in [-0.3, -0.25) is 4.79 Å². The molecule has 13 heteroatoms. The zero-order valence-corrected chi connectivity index (χ0v) is 21.1. The number of carbonyl (C=O) groups excluding carboxylic acids is 1. The smallest absolute Gasteiger partial charge is 0.382 e. The number of nitrogens with one attached hydrogen (secondary N) is 2. The summed E-state index contributed by atoms with van der Waals surface area (Å²) < 4.78 is 116. The summed E-state index contributed by atoms with van der Waals surface area (Å²) in [7, 11) is -3.32. The molecular weight excluding hydrogens is 529 g/mol. The van der Waals surface area contributed by atoms with E-state index in [0.717, 1.165) is 19.2 Å². The molecule has 2 N–H and O–H groups in total. The van der Waals surface area contributed by atoms with Crippen LogP contribution in [0.5, 0.6) is 0 Å². The van der Waals surface area contributed by atoms with Crippen molar-refractivity contribution < 1.29 is 43.9 Å². The first kappa shape index (κ1) is 30.1. The van der Waals surface area contributed by atoms with Gasteiger partial charge < -0.3 is 10.6 Å². The van der Waals surface area contributed by atoms with E-state index in [-0.39, 0.29) is 28.3 Å². The largest absolute Gasteiger partial charge is 0.435 e. The van der Waals surface area contributed by atoms with Gasteiger partial charge in [0.05, 0.1) is 5.75 Å². The average Bonchev–Trinajstić information content (AvgIpc) is 2.71. The summed E-state index contributed by atoms with van der Waals surface area (Å²) in [6, 6.07) is 5.50. The maximum atomic E-state index is 14.4. The summed E-state index contributed by atoms with van der Waals surface area (Å²) in [5, 5.41) is 5.32. The third kappa shape index (κ3) is 6.62. The Morgan fingerprint density at radius 1 is 0.973 bits per heavy atom. The topological polar surface area (TPSA) is 75.3 Å². The lowest BCUT2D eigenvalue weighted by atomic mass is 9.92. The molecule has 0 aliphatic carbocycles. The first-order chi connectivity index (χ1) is 16.7. The van der Waals surface area contributed by atoms with Crippen LogP contribution in [0, 0.1) is 13.8 Å². The molecule has 0 saturated carbocycles. The first-order valence-electron chi connectivity index (χ1n) is 10.7. The summed E-state index contributed by atoms with van der Waals surface area (Å²) in [5.41, 5.74) is -6.46. The molecule has 0 heterocycles. The normalized spacial score (nSPS) is 13.7. The van der Waals surface area contributed by atoms with Crippen LogP contribution in [-0.4, -0.2) is 44.7 Å². The zero-order valence-electron chi connectivity index (χ0n) is 20.2. The lowest BCUT2D eigenvalue weighted by Gasteiger charge is -2.30. The average molecular weight is 555 g/mol. The van der Waals surface area contributed by atoms with E-state index in [1.165, 1.54) is 6.07 Å². The molecule has 1 atom stereocenters. The van der Waals surface area contributed by atoms with Crippen LogP contribution in [0.15, 0.2) is 43.0 Å². The summed E-state index contributed by atoms with van der Waals surface area (Å²) in [6.45, 7) is 8.25. The predicted molar refractivity (Wildman–Crippen MR) is 127 cm³/mol. The van der Waals surface area contributed by atoms with Gasteiger partial charge in [0.15, 0.2) is 0 Å². The monoisotopic (exact) mass is 554 g/mol. The standard InChI is InChI=1S/C24H25F7N2O3S/c1-13-7-6-8-18(20(13)16(4)32-15(3)12-37(5,35)36)21(34)33-19-10-9-17(11-14(19)2)22(25,23(26,27)28)24(29,30)31/h6-11,15,32H,4,12H2,1-3,5H3,(H,33,34)/t15-/m0/s1. The van der Waals surface area contributed by atoms with Gasteiger partial charge >= 0.3 is 18.0 Å². The van der Waals surface area contributed by atoms with Crippen LogP contribution >= 0.6 is 0 Å². The molecule has 0 spiro atoms. The van der Waals surface area contributed by atoms with Crippen LogP contribution in [0.2, 0.25) is 0 Å². The Hall–Kier alpha value is -3.09. The summed E-state index contributed by atoms with van der Waals surface area (Å²) in [6.07, 6.45) is -11.5. The number of hydrogen-bond donors (Lipinski definition) is 2. The van der Waals surface area contributed by atoms with Crippen LogP contribution in [0.1, 0.15) is 39.5 Å². The van der Waals surface area contributed by atoms with Gasteiger partial charge in [-0.05, 0) is 44.0 Å². The van der Waals surface area contributed by atoms with E-state index in [9.17, 15) is 43.9 Å². The molecule has 2 rings (SSSR count). The lowest BCUT2D eigenvalue weighted by molar-refractivity contribution is -0.348. The molecule has 2 aromatic carbocycles. The fourth-order valence-corrected chi connectivity index (χ4v) is 4.81. The highest BCUT2D eigenvalue weighted by Crippen LogP contribution is 2.53. The fourth-order valence-electron chi connectivity index (χ4n) is 3.82. The maximum absolute atomic E-state index is 14.4. The zero-order chi connectivity index (χ0) is 28.6. The number of amides is 1. The third-order valence-corrected chi connectivity index (χ3v) is 6.55. The maximum Gasteiger partial charge on any atom is 0.435 e. The van der Waals surface area contributed by atoms with Crippen LogP contribution < -0.4 is 10.6 Å². The second-order valence-corrected chi connectivity index (χ2v) is 10.9.